The number of rotatable bonds is 4. The van der Waals surface area contributed by atoms with Crippen molar-refractivity contribution in [3.63, 3.8) is 0 Å². The van der Waals surface area contributed by atoms with Crippen molar-refractivity contribution in [1.82, 2.24) is 15.3 Å². The lowest BCUT2D eigenvalue weighted by Crippen LogP contribution is -2.33. The van der Waals surface area contributed by atoms with Crippen LogP contribution in [0.25, 0.3) is 11.0 Å². The van der Waals surface area contributed by atoms with E-state index in [0.29, 0.717) is 0 Å². The average molecular weight is 301 g/mol. The first-order valence-electron chi connectivity index (χ1n) is 7.59. The summed E-state index contributed by atoms with van der Waals surface area (Å²) in [4.78, 5) is 9.27. The predicted octanol–water partition coefficient (Wildman–Crippen LogP) is 1.69. The van der Waals surface area contributed by atoms with Crippen molar-refractivity contribution in [1.29, 1.82) is 0 Å². The van der Waals surface area contributed by atoms with Gasteiger partial charge >= 0.3 is 0 Å². The van der Waals surface area contributed by atoms with Crippen LogP contribution in [0.1, 0.15) is 11.3 Å². The third kappa shape index (κ3) is 2.71. The minimum atomic E-state index is 0.155. The molecule has 6 nitrogen and oxygen atoms in total. The SMILES string of the molecule is CNc1cc(N[C@H]2CNC[C@@H]2OC)nc2nc(C)cc(C)c12. The molecule has 6 heteroatoms. The molecule has 1 saturated heterocycles. The Morgan fingerprint density at radius 1 is 1.23 bits per heavy atom. The number of hydrogen-bond acceptors (Lipinski definition) is 6. The van der Waals surface area contributed by atoms with Gasteiger partial charge < -0.3 is 20.7 Å². The minimum Gasteiger partial charge on any atom is -0.387 e. The van der Waals surface area contributed by atoms with Crippen molar-refractivity contribution in [3.05, 3.63) is 23.4 Å². The summed E-state index contributed by atoms with van der Waals surface area (Å²) in [5.74, 6) is 0.824. The van der Waals surface area contributed by atoms with Crippen LogP contribution in [-0.4, -0.2) is 49.4 Å². The number of hydrogen-bond donors (Lipinski definition) is 3. The summed E-state index contributed by atoms with van der Waals surface area (Å²) in [6, 6.07) is 4.34. The van der Waals surface area contributed by atoms with Gasteiger partial charge in [-0.1, -0.05) is 0 Å². The summed E-state index contributed by atoms with van der Waals surface area (Å²) in [5, 5.41) is 11.1. The van der Waals surface area contributed by atoms with Gasteiger partial charge in [0, 0.05) is 50.1 Å². The number of nitrogens with zero attached hydrogens (tertiary/aromatic N) is 2. The molecule has 2 aromatic heterocycles. The highest BCUT2D eigenvalue weighted by Gasteiger charge is 2.27. The highest BCUT2D eigenvalue weighted by molar-refractivity contribution is 5.93. The highest BCUT2D eigenvalue weighted by Crippen LogP contribution is 2.28. The lowest BCUT2D eigenvalue weighted by atomic mass is 10.1. The largest absolute Gasteiger partial charge is 0.387 e. The maximum Gasteiger partial charge on any atom is 0.164 e. The molecule has 0 amide bonds. The number of fused-ring (bicyclic) bond motifs is 1. The zero-order valence-corrected chi connectivity index (χ0v) is 13.5. The molecule has 3 rings (SSSR count). The number of pyridine rings is 2. The molecule has 0 aromatic carbocycles. The van der Waals surface area contributed by atoms with Crippen molar-refractivity contribution < 1.29 is 4.74 Å². The Labute approximate surface area is 130 Å². The molecule has 1 fully saturated rings. The summed E-state index contributed by atoms with van der Waals surface area (Å²) < 4.78 is 5.49. The van der Waals surface area contributed by atoms with Gasteiger partial charge in [-0.15, -0.1) is 0 Å². The summed E-state index contributed by atoms with van der Waals surface area (Å²) in [7, 11) is 3.67. The van der Waals surface area contributed by atoms with E-state index in [1.54, 1.807) is 7.11 Å². The van der Waals surface area contributed by atoms with E-state index in [2.05, 4.69) is 33.9 Å². The molecule has 0 aliphatic carbocycles. The van der Waals surface area contributed by atoms with E-state index in [1.165, 1.54) is 5.56 Å². The van der Waals surface area contributed by atoms with Crippen LogP contribution in [-0.2, 0) is 4.74 Å². The summed E-state index contributed by atoms with van der Waals surface area (Å²) in [6.07, 6.45) is 0.155. The molecule has 0 saturated carbocycles. The molecular formula is C16H23N5O. The Morgan fingerprint density at radius 3 is 2.77 bits per heavy atom. The third-order valence-corrected chi connectivity index (χ3v) is 4.17. The van der Waals surface area contributed by atoms with E-state index in [4.69, 9.17) is 9.72 Å². The van der Waals surface area contributed by atoms with Gasteiger partial charge in [-0.2, -0.15) is 0 Å². The minimum absolute atomic E-state index is 0.155. The van der Waals surface area contributed by atoms with Crippen molar-refractivity contribution in [2.75, 3.05) is 37.9 Å². The lowest BCUT2D eigenvalue weighted by molar-refractivity contribution is 0.111. The van der Waals surface area contributed by atoms with Gasteiger partial charge in [-0.25, -0.2) is 9.97 Å². The fourth-order valence-electron chi connectivity index (χ4n) is 3.09. The van der Waals surface area contributed by atoms with E-state index < -0.39 is 0 Å². The van der Waals surface area contributed by atoms with Gasteiger partial charge in [0.1, 0.15) is 5.82 Å². The normalized spacial score (nSPS) is 21.3. The molecule has 0 unspecified atom stereocenters. The van der Waals surface area contributed by atoms with Crippen LogP contribution in [0.5, 0.6) is 0 Å². The second-order valence-corrected chi connectivity index (χ2v) is 5.77. The lowest BCUT2D eigenvalue weighted by Gasteiger charge is -2.20. The molecule has 0 radical (unpaired) electrons. The van der Waals surface area contributed by atoms with E-state index in [0.717, 1.165) is 41.3 Å². The van der Waals surface area contributed by atoms with Crippen molar-refractivity contribution >= 4 is 22.5 Å². The molecule has 3 heterocycles. The second-order valence-electron chi connectivity index (χ2n) is 5.77. The van der Waals surface area contributed by atoms with E-state index in [-0.39, 0.29) is 12.1 Å². The first kappa shape index (κ1) is 15.0. The fourth-order valence-corrected chi connectivity index (χ4v) is 3.09. The maximum absolute atomic E-state index is 5.49. The Hall–Kier alpha value is -1.92. The Balaban J connectivity index is 2.00. The summed E-state index contributed by atoms with van der Waals surface area (Å²) >= 11 is 0. The van der Waals surface area contributed by atoms with Crippen LogP contribution < -0.4 is 16.0 Å². The fraction of sp³-hybridized carbons (Fsp3) is 0.500. The highest BCUT2D eigenvalue weighted by atomic mass is 16.5. The molecule has 1 aliphatic rings. The molecule has 2 atom stereocenters. The summed E-state index contributed by atoms with van der Waals surface area (Å²) in [5.41, 5.74) is 3.97. The summed E-state index contributed by atoms with van der Waals surface area (Å²) in [6.45, 7) is 5.81. The molecule has 0 spiro atoms. The van der Waals surface area contributed by atoms with E-state index in [9.17, 15) is 0 Å². The topological polar surface area (TPSA) is 71.1 Å². The van der Waals surface area contributed by atoms with Crippen LogP contribution in [0.4, 0.5) is 11.5 Å². The third-order valence-electron chi connectivity index (χ3n) is 4.17. The number of aryl methyl sites for hydroxylation is 2. The standard InChI is InChI=1S/C16H23N5O/c1-9-5-10(2)19-16-15(9)11(17-3)6-14(21-16)20-12-7-18-8-13(12)22-4/h5-6,12-13,18H,7-8H2,1-4H3,(H2,17,19,20,21)/t12-,13-/m0/s1. The zero-order chi connectivity index (χ0) is 15.7. The van der Waals surface area contributed by atoms with Crippen LogP contribution in [0, 0.1) is 13.8 Å². The van der Waals surface area contributed by atoms with Gasteiger partial charge in [-0.3, -0.25) is 0 Å². The second kappa shape index (κ2) is 6.06. The van der Waals surface area contributed by atoms with Crippen molar-refractivity contribution in [2.45, 2.75) is 26.0 Å². The van der Waals surface area contributed by atoms with Crippen molar-refractivity contribution in [2.24, 2.45) is 0 Å². The van der Waals surface area contributed by atoms with E-state index in [1.807, 2.05) is 20.0 Å². The number of aromatic nitrogens is 2. The Kier molecular flexibility index (Phi) is 4.13. The number of methoxy groups -OCH3 is 1. The van der Waals surface area contributed by atoms with Crippen LogP contribution >= 0.6 is 0 Å². The van der Waals surface area contributed by atoms with Gasteiger partial charge in [0.2, 0.25) is 0 Å². The van der Waals surface area contributed by atoms with Gasteiger partial charge in [0.15, 0.2) is 5.65 Å². The Morgan fingerprint density at radius 2 is 2.05 bits per heavy atom. The predicted molar refractivity (Wildman–Crippen MR) is 89.6 cm³/mol. The molecule has 22 heavy (non-hydrogen) atoms. The van der Waals surface area contributed by atoms with E-state index >= 15 is 0 Å². The quantitative estimate of drug-likeness (QED) is 0.798. The van der Waals surface area contributed by atoms with Crippen LogP contribution in [0.3, 0.4) is 0 Å². The molecule has 2 aromatic rings. The van der Waals surface area contributed by atoms with Gasteiger partial charge in [-0.05, 0) is 25.5 Å². The monoisotopic (exact) mass is 301 g/mol. The number of anilines is 2. The average Bonchev–Trinajstić information content (AvgIpc) is 2.92. The van der Waals surface area contributed by atoms with Crippen molar-refractivity contribution in [3.8, 4) is 0 Å². The zero-order valence-electron chi connectivity index (χ0n) is 13.5. The smallest absolute Gasteiger partial charge is 0.164 e. The molecule has 118 valence electrons. The van der Waals surface area contributed by atoms with Crippen LogP contribution in [0.15, 0.2) is 12.1 Å². The Bertz CT molecular complexity index is 688. The molecule has 1 aliphatic heterocycles. The number of ether oxygens (including phenoxy) is 1. The van der Waals surface area contributed by atoms with Gasteiger partial charge in [0.05, 0.1) is 12.1 Å². The maximum atomic E-state index is 5.49. The molecular weight excluding hydrogens is 278 g/mol. The van der Waals surface area contributed by atoms with Gasteiger partial charge in [0.25, 0.3) is 0 Å². The number of nitrogens with one attached hydrogen (secondary N) is 3. The molecule has 0 bridgehead atoms. The van der Waals surface area contributed by atoms with Crippen LogP contribution in [0.2, 0.25) is 0 Å². The first-order chi connectivity index (χ1) is 10.6. The molecule has 3 N–H and O–H groups in total. The first-order valence-corrected chi connectivity index (χ1v) is 7.59.